The van der Waals surface area contributed by atoms with Crippen LogP contribution in [0.1, 0.15) is 87.4 Å². The van der Waals surface area contributed by atoms with Gasteiger partial charge in [-0.3, -0.25) is 0 Å². The lowest BCUT2D eigenvalue weighted by molar-refractivity contribution is 0.572. The Labute approximate surface area is 220 Å². The van der Waals surface area contributed by atoms with E-state index in [9.17, 15) is 0 Å². The Bertz CT molecular complexity index is 1810. The quantitative estimate of drug-likeness (QED) is 0.213. The molecule has 37 heavy (non-hydrogen) atoms. The number of rotatable bonds is 0. The molecule has 0 saturated heterocycles. The van der Waals surface area contributed by atoms with E-state index in [1.807, 2.05) is 0 Å². The maximum absolute atomic E-state index is 7.07. The second kappa shape index (κ2) is 6.76. The molecule has 0 N–H and O–H groups in total. The van der Waals surface area contributed by atoms with Crippen LogP contribution >= 0.6 is 0 Å². The topological polar surface area (TPSA) is 13.1 Å². The highest BCUT2D eigenvalue weighted by Crippen LogP contribution is 2.63. The van der Waals surface area contributed by atoms with Crippen LogP contribution in [-0.4, -0.2) is 0 Å². The molecule has 1 nitrogen and oxygen atoms in total. The van der Waals surface area contributed by atoms with E-state index in [-0.39, 0.29) is 16.2 Å². The molecule has 2 aliphatic carbocycles. The predicted molar refractivity (Wildman–Crippen MR) is 157 cm³/mol. The molecule has 0 saturated carbocycles. The van der Waals surface area contributed by atoms with Crippen LogP contribution in [0.4, 0.5) is 0 Å². The second-order valence-electron chi connectivity index (χ2n) is 13.6. The summed E-state index contributed by atoms with van der Waals surface area (Å²) < 4.78 is 7.07. The van der Waals surface area contributed by atoms with E-state index in [2.05, 4.69) is 117 Å². The highest BCUT2D eigenvalue weighted by molar-refractivity contribution is 6.21. The Morgan fingerprint density at radius 1 is 0.649 bits per heavy atom. The smallest absolute Gasteiger partial charge is 0.144 e. The third-order valence-electron chi connectivity index (χ3n) is 9.24. The molecule has 186 valence electrons. The zero-order chi connectivity index (χ0) is 26.2. The number of para-hydroxylation sites is 1. The molecule has 0 bridgehead atoms. The van der Waals surface area contributed by atoms with Gasteiger partial charge in [-0.25, -0.2) is 0 Å². The zero-order valence-corrected chi connectivity index (χ0v) is 23.6. The minimum Gasteiger partial charge on any atom is -0.455 e. The van der Waals surface area contributed by atoms with Crippen LogP contribution in [0, 0.1) is 13.8 Å². The summed E-state index contributed by atoms with van der Waals surface area (Å²) in [7, 11) is 0. The molecule has 0 radical (unpaired) electrons. The average Bonchev–Trinajstić information content (AvgIpc) is 3.38. The third kappa shape index (κ3) is 2.70. The van der Waals surface area contributed by atoms with Gasteiger partial charge < -0.3 is 4.42 Å². The molecule has 2 aliphatic rings. The van der Waals surface area contributed by atoms with Crippen LogP contribution in [-0.2, 0) is 16.2 Å². The van der Waals surface area contributed by atoms with E-state index in [4.69, 9.17) is 4.42 Å². The molecule has 0 amide bonds. The average molecular weight is 485 g/mol. The summed E-state index contributed by atoms with van der Waals surface area (Å²) in [5, 5.41) is 2.53. The lowest BCUT2D eigenvalue weighted by Crippen LogP contribution is -2.24. The number of furan rings is 1. The number of hydrogen-bond acceptors (Lipinski definition) is 1. The van der Waals surface area contributed by atoms with Crippen molar-refractivity contribution in [1.82, 2.24) is 0 Å². The Morgan fingerprint density at radius 3 is 1.76 bits per heavy atom. The number of hydrogen-bond donors (Lipinski definition) is 0. The van der Waals surface area contributed by atoms with Crippen LogP contribution in [0.3, 0.4) is 0 Å². The van der Waals surface area contributed by atoms with Gasteiger partial charge in [-0.15, -0.1) is 0 Å². The van der Waals surface area contributed by atoms with Crippen molar-refractivity contribution in [3.63, 3.8) is 0 Å². The first-order valence-electron chi connectivity index (χ1n) is 13.6. The van der Waals surface area contributed by atoms with Gasteiger partial charge in [0, 0.05) is 32.7 Å². The molecule has 7 rings (SSSR count). The van der Waals surface area contributed by atoms with Crippen molar-refractivity contribution in [3.8, 4) is 22.3 Å². The van der Waals surface area contributed by atoms with Gasteiger partial charge in [0.2, 0.25) is 0 Å². The monoisotopic (exact) mass is 484 g/mol. The maximum Gasteiger partial charge on any atom is 0.144 e. The molecule has 0 fully saturated rings. The summed E-state index contributed by atoms with van der Waals surface area (Å²) in [6.45, 7) is 21.0. The molecule has 1 aromatic heterocycles. The van der Waals surface area contributed by atoms with Crippen molar-refractivity contribution in [1.29, 1.82) is 0 Å². The Balaban J connectivity index is 1.79. The maximum atomic E-state index is 7.07. The lowest BCUT2D eigenvalue weighted by atomic mass is 9.72. The Kier molecular flexibility index (Phi) is 4.17. The fraction of sp³-hybridized carbons (Fsp3) is 0.333. The van der Waals surface area contributed by atoms with Crippen molar-refractivity contribution >= 4 is 21.9 Å². The molecular formula is C36H36O. The SMILES string of the molecule is Cc1ccc2c(c1)C(C)(C)c1c3c(c4c(oc5c(C(C)(C)C)cccc54)c1-2)-c1ccc(C)cc1C3(C)C. The van der Waals surface area contributed by atoms with Crippen molar-refractivity contribution in [3.05, 3.63) is 93.5 Å². The van der Waals surface area contributed by atoms with Gasteiger partial charge in [0.1, 0.15) is 11.2 Å². The summed E-state index contributed by atoms with van der Waals surface area (Å²) in [5.41, 5.74) is 16.9. The van der Waals surface area contributed by atoms with Crippen LogP contribution in [0.2, 0.25) is 0 Å². The number of fused-ring (bicyclic) bond motifs is 12. The first-order chi connectivity index (χ1) is 17.3. The summed E-state index contributed by atoms with van der Waals surface area (Å²) in [4.78, 5) is 0. The molecular weight excluding hydrogens is 448 g/mol. The van der Waals surface area contributed by atoms with E-state index < -0.39 is 0 Å². The van der Waals surface area contributed by atoms with Gasteiger partial charge in [-0.2, -0.15) is 0 Å². The van der Waals surface area contributed by atoms with Gasteiger partial charge in [-0.1, -0.05) is 114 Å². The van der Waals surface area contributed by atoms with E-state index >= 15 is 0 Å². The van der Waals surface area contributed by atoms with E-state index in [0.717, 1.165) is 11.2 Å². The van der Waals surface area contributed by atoms with Crippen LogP contribution in [0.25, 0.3) is 44.2 Å². The molecule has 0 unspecified atom stereocenters. The van der Waals surface area contributed by atoms with Gasteiger partial charge in [-0.05, 0) is 58.2 Å². The third-order valence-corrected chi connectivity index (χ3v) is 9.24. The molecule has 1 heteroatoms. The molecule has 0 aliphatic heterocycles. The van der Waals surface area contributed by atoms with Gasteiger partial charge in [0.05, 0.1) is 0 Å². The first kappa shape index (κ1) is 22.8. The van der Waals surface area contributed by atoms with Crippen molar-refractivity contribution in [2.75, 3.05) is 0 Å². The normalized spacial score (nSPS) is 16.7. The molecule has 0 atom stereocenters. The number of aryl methyl sites for hydroxylation is 2. The van der Waals surface area contributed by atoms with Crippen LogP contribution in [0.5, 0.6) is 0 Å². The highest BCUT2D eigenvalue weighted by atomic mass is 16.3. The molecule has 0 spiro atoms. The lowest BCUT2D eigenvalue weighted by Gasteiger charge is -2.31. The Hall–Kier alpha value is -3.32. The van der Waals surface area contributed by atoms with Gasteiger partial charge in [0.15, 0.2) is 0 Å². The van der Waals surface area contributed by atoms with E-state index in [0.29, 0.717) is 0 Å². The standard InChI is InChI=1S/C36H36O/c1-19-13-15-21-25(17-19)35(6,7)30-27(21)28-23-11-10-12-24(34(3,4)5)32(23)37-33(28)29-22-16-14-20(2)18-26(22)36(8,9)31(29)30/h10-18H,1-9H3. The summed E-state index contributed by atoms with van der Waals surface area (Å²) in [5.74, 6) is 0. The first-order valence-corrected chi connectivity index (χ1v) is 13.6. The summed E-state index contributed by atoms with van der Waals surface area (Å²) in [6, 6.07) is 20.8. The minimum absolute atomic E-state index is 0.0116. The predicted octanol–water partition coefficient (Wildman–Crippen LogP) is 10.1. The van der Waals surface area contributed by atoms with E-state index in [1.54, 1.807) is 0 Å². The van der Waals surface area contributed by atoms with E-state index in [1.165, 1.54) is 72.0 Å². The molecule has 5 aromatic rings. The fourth-order valence-electron chi connectivity index (χ4n) is 7.45. The highest BCUT2D eigenvalue weighted by Gasteiger charge is 2.48. The van der Waals surface area contributed by atoms with Crippen LogP contribution in [0.15, 0.2) is 59.0 Å². The summed E-state index contributed by atoms with van der Waals surface area (Å²) in [6.07, 6.45) is 0. The fourth-order valence-corrected chi connectivity index (χ4v) is 7.45. The Morgan fingerprint density at radius 2 is 1.19 bits per heavy atom. The zero-order valence-electron chi connectivity index (χ0n) is 23.6. The number of benzene rings is 4. The van der Waals surface area contributed by atoms with Crippen molar-refractivity contribution in [2.24, 2.45) is 0 Å². The molecule has 1 heterocycles. The van der Waals surface area contributed by atoms with Crippen molar-refractivity contribution < 1.29 is 4.42 Å². The van der Waals surface area contributed by atoms with Gasteiger partial charge >= 0.3 is 0 Å². The van der Waals surface area contributed by atoms with Crippen molar-refractivity contribution in [2.45, 2.75) is 78.6 Å². The summed E-state index contributed by atoms with van der Waals surface area (Å²) >= 11 is 0. The second-order valence-corrected chi connectivity index (χ2v) is 13.6. The van der Waals surface area contributed by atoms with Crippen LogP contribution < -0.4 is 0 Å². The largest absolute Gasteiger partial charge is 0.455 e. The molecule has 4 aromatic carbocycles. The minimum atomic E-state index is -0.116. The van der Waals surface area contributed by atoms with Gasteiger partial charge in [0.25, 0.3) is 0 Å².